The fraction of sp³-hybridized carbons (Fsp3) is 0.636. The Bertz CT molecular complexity index is 275. The van der Waals surface area contributed by atoms with Crippen molar-refractivity contribution in [1.29, 1.82) is 0 Å². The summed E-state index contributed by atoms with van der Waals surface area (Å²) in [5, 5.41) is 5.29. The third-order valence-electron chi connectivity index (χ3n) is 1.72. The Morgan fingerprint density at radius 3 is 2.20 bits per heavy atom. The van der Waals surface area contributed by atoms with Crippen LogP contribution in [0.4, 0.5) is 0 Å². The highest BCUT2D eigenvalue weighted by Gasteiger charge is 2.14. The molecule has 0 fully saturated rings. The van der Waals surface area contributed by atoms with Crippen LogP contribution < -0.4 is 10.6 Å². The first-order chi connectivity index (χ1) is 6.76. The van der Waals surface area contributed by atoms with Gasteiger partial charge in [-0.05, 0) is 34.6 Å². The van der Waals surface area contributed by atoms with E-state index in [-0.39, 0.29) is 23.9 Å². The van der Waals surface area contributed by atoms with E-state index >= 15 is 0 Å². The van der Waals surface area contributed by atoms with E-state index in [0.717, 1.165) is 0 Å². The predicted molar refractivity (Wildman–Crippen MR) is 60.3 cm³/mol. The smallest absolute Gasteiger partial charge is 0.247 e. The van der Waals surface area contributed by atoms with Crippen LogP contribution in [0.25, 0.3) is 0 Å². The Hall–Kier alpha value is -1.32. The Morgan fingerprint density at radius 1 is 1.27 bits per heavy atom. The largest absolute Gasteiger partial charge is 0.350 e. The van der Waals surface area contributed by atoms with Crippen LogP contribution in [-0.4, -0.2) is 23.9 Å². The lowest BCUT2D eigenvalue weighted by molar-refractivity contribution is -0.125. The van der Waals surface area contributed by atoms with Crippen LogP contribution >= 0.6 is 0 Å². The van der Waals surface area contributed by atoms with Crippen molar-refractivity contribution in [3.05, 3.63) is 11.6 Å². The van der Waals surface area contributed by atoms with Crippen LogP contribution in [0.5, 0.6) is 0 Å². The van der Waals surface area contributed by atoms with Gasteiger partial charge in [-0.2, -0.15) is 0 Å². The van der Waals surface area contributed by atoms with Gasteiger partial charge in [-0.3, -0.25) is 9.59 Å². The summed E-state index contributed by atoms with van der Waals surface area (Å²) in [4.78, 5) is 22.6. The summed E-state index contributed by atoms with van der Waals surface area (Å²) in [6.07, 6.45) is 1.71. The van der Waals surface area contributed by atoms with Crippen molar-refractivity contribution in [1.82, 2.24) is 10.6 Å². The molecule has 4 heteroatoms. The second kappa shape index (κ2) is 5.53. The molecular weight excluding hydrogens is 192 g/mol. The quantitative estimate of drug-likeness (QED) is 0.685. The first kappa shape index (κ1) is 13.7. The highest BCUT2D eigenvalue weighted by Crippen LogP contribution is 1.97. The normalized spacial score (nSPS) is 12.2. The van der Waals surface area contributed by atoms with Crippen molar-refractivity contribution >= 4 is 11.8 Å². The summed E-state index contributed by atoms with van der Waals surface area (Å²) in [7, 11) is 0. The molecule has 0 aromatic rings. The molecule has 0 radical (unpaired) electrons. The van der Waals surface area contributed by atoms with E-state index in [9.17, 15) is 9.59 Å². The third kappa shape index (κ3) is 6.71. The number of nitrogens with one attached hydrogen (secondary N) is 2. The van der Waals surface area contributed by atoms with Gasteiger partial charge in [-0.25, -0.2) is 0 Å². The topological polar surface area (TPSA) is 58.2 Å². The minimum Gasteiger partial charge on any atom is -0.350 e. The van der Waals surface area contributed by atoms with Crippen LogP contribution in [0.3, 0.4) is 0 Å². The maximum atomic E-state index is 11.3. The monoisotopic (exact) mass is 212 g/mol. The van der Waals surface area contributed by atoms with Crippen LogP contribution in [0.1, 0.15) is 34.6 Å². The first-order valence-corrected chi connectivity index (χ1v) is 4.98. The van der Waals surface area contributed by atoms with Gasteiger partial charge in [0.1, 0.15) is 0 Å². The Labute approximate surface area is 91.1 Å². The molecule has 2 N–H and O–H groups in total. The molecule has 0 aromatic carbocycles. The number of amides is 2. The number of rotatable bonds is 3. The molecule has 0 saturated heterocycles. The molecule has 0 heterocycles. The minimum atomic E-state index is -0.266. The van der Waals surface area contributed by atoms with Gasteiger partial charge in [-0.15, -0.1) is 0 Å². The number of allylic oxidation sites excluding steroid dienone is 1. The lowest BCUT2D eigenvalue weighted by Crippen LogP contribution is -2.45. The van der Waals surface area contributed by atoms with E-state index in [0.29, 0.717) is 5.57 Å². The van der Waals surface area contributed by atoms with E-state index in [4.69, 9.17) is 0 Å². The SMILES string of the molecule is CC=C(C)C(=O)NCC(=O)NC(C)(C)C. The molecule has 0 atom stereocenters. The zero-order valence-corrected chi connectivity index (χ0v) is 10.1. The standard InChI is InChI=1S/C11H20N2O2/c1-6-8(2)10(15)12-7-9(14)13-11(3,4)5/h6H,7H2,1-5H3,(H,12,15)(H,13,14). The average Bonchev–Trinajstić information content (AvgIpc) is 2.10. The summed E-state index contributed by atoms with van der Waals surface area (Å²) in [6.45, 7) is 9.18. The van der Waals surface area contributed by atoms with E-state index in [1.54, 1.807) is 19.9 Å². The number of hydrogen-bond donors (Lipinski definition) is 2. The first-order valence-electron chi connectivity index (χ1n) is 4.98. The van der Waals surface area contributed by atoms with Gasteiger partial charge >= 0.3 is 0 Å². The summed E-state index contributed by atoms with van der Waals surface area (Å²) >= 11 is 0. The van der Waals surface area contributed by atoms with Gasteiger partial charge in [0.15, 0.2) is 0 Å². The number of carbonyl (C=O) groups excluding carboxylic acids is 2. The van der Waals surface area contributed by atoms with Gasteiger partial charge in [0.2, 0.25) is 11.8 Å². The van der Waals surface area contributed by atoms with Crippen molar-refractivity contribution in [2.75, 3.05) is 6.54 Å². The van der Waals surface area contributed by atoms with E-state index in [2.05, 4.69) is 10.6 Å². The molecular formula is C11H20N2O2. The molecule has 0 aliphatic rings. The molecule has 2 amide bonds. The van der Waals surface area contributed by atoms with E-state index < -0.39 is 0 Å². The summed E-state index contributed by atoms with van der Waals surface area (Å²) in [6, 6.07) is 0. The van der Waals surface area contributed by atoms with E-state index in [1.165, 1.54) is 0 Å². The number of carbonyl (C=O) groups is 2. The Kier molecular flexibility index (Phi) is 5.05. The molecule has 0 aliphatic carbocycles. The van der Waals surface area contributed by atoms with Crippen LogP contribution in [0.2, 0.25) is 0 Å². The van der Waals surface area contributed by atoms with Crippen molar-refractivity contribution in [2.24, 2.45) is 0 Å². The van der Waals surface area contributed by atoms with Crippen molar-refractivity contribution in [3.8, 4) is 0 Å². The molecule has 0 saturated carbocycles. The molecule has 0 aromatic heterocycles. The molecule has 4 nitrogen and oxygen atoms in total. The zero-order chi connectivity index (χ0) is 12.1. The molecule has 0 aliphatic heterocycles. The lowest BCUT2D eigenvalue weighted by atomic mass is 10.1. The maximum absolute atomic E-state index is 11.3. The van der Waals surface area contributed by atoms with Gasteiger partial charge in [0, 0.05) is 11.1 Å². The van der Waals surface area contributed by atoms with E-state index in [1.807, 2.05) is 20.8 Å². The number of hydrogen-bond acceptors (Lipinski definition) is 2. The highest BCUT2D eigenvalue weighted by atomic mass is 16.2. The maximum Gasteiger partial charge on any atom is 0.247 e. The Balaban J connectivity index is 3.98. The zero-order valence-electron chi connectivity index (χ0n) is 10.1. The summed E-state index contributed by atoms with van der Waals surface area (Å²) in [5.41, 5.74) is 0.343. The molecule has 0 unspecified atom stereocenters. The van der Waals surface area contributed by atoms with Crippen molar-refractivity contribution in [2.45, 2.75) is 40.2 Å². The van der Waals surface area contributed by atoms with Crippen LogP contribution in [0, 0.1) is 0 Å². The van der Waals surface area contributed by atoms with Gasteiger partial charge in [-0.1, -0.05) is 6.08 Å². The van der Waals surface area contributed by atoms with Gasteiger partial charge in [0.25, 0.3) is 0 Å². The molecule has 0 bridgehead atoms. The second-order valence-corrected chi connectivity index (χ2v) is 4.45. The summed E-state index contributed by atoms with van der Waals surface area (Å²) in [5.74, 6) is -0.388. The fourth-order valence-corrected chi connectivity index (χ4v) is 0.894. The minimum absolute atomic E-state index is 0.0152. The molecule has 0 spiro atoms. The average molecular weight is 212 g/mol. The third-order valence-corrected chi connectivity index (χ3v) is 1.72. The fourth-order valence-electron chi connectivity index (χ4n) is 0.894. The lowest BCUT2D eigenvalue weighted by Gasteiger charge is -2.20. The molecule has 15 heavy (non-hydrogen) atoms. The second-order valence-electron chi connectivity index (χ2n) is 4.45. The van der Waals surface area contributed by atoms with Gasteiger partial charge in [0.05, 0.1) is 6.54 Å². The Morgan fingerprint density at radius 2 is 1.80 bits per heavy atom. The molecule has 86 valence electrons. The molecule has 0 rings (SSSR count). The predicted octanol–water partition coefficient (Wildman–Crippen LogP) is 0.983. The van der Waals surface area contributed by atoms with Crippen molar-refractivity contribution < 1.29 is 9.59 Å². The van der Waals surface area contributed by atoms with Crippen molar-refractivity contribution in [3.63, 3.8) is 0 Å². The van der Waals surface area contributed by atoms with Crippen LogP contribution in [0.15, 0.2) is 11.6 Å². The highest BCUT2D eigenvalue weighted by molar-refractivity contribution is 5.95. The summed E-state index contributed by atoms with van der Waals surface area (Å²) < 4.78 is 0. The van der Waals surface area contributed by atoms with Gasteiger partial charge < -0.3 is 10.6 Å². The van der Waals surface area contributed by atoms with Crippen LogP contribution in [-0.2, 0) is 9.59 Å².